The van der Waals surface area contributed by atoms with Gasteiger partial charge >= 0.3 is 0 Å². The largest absolute Gasteiger partial charge is 0.369 e. The third-order valence-electron chi connectivity index (χ3n) is 4.85. The van der Waals surface area contributed by atoms with Crippen LogP contribution in [0, 0.1) is 12.7 Å². The molecule has 0 fully saturated rings. The van der Waals surface area contributed by atoms with Crippen LogP contribution in [0.4, 0.5) is 4.39 Å². The average Bonchev–Trinajstić information content (AvgIpc) is 3.46. The second-order valence-corrected chi connectivity index (χ2v) is 8.85. The van der Waals surface area contributed by atoms with Gasteiger partial charge in [0, 0.05) is 10.6 Å². The third kappa shape index (κ3) is 4.40. The number of hydrogen-bond donors (Lipinski definition) is 0. The average molecular weight is 469 g/mol. The van der Waals surface area contributed by atoms with Gasteiger partial charge in [0.05, 0.1) is 37.3 Å². The van der Waals surface area contributed by atoms with Gasteiger partial charge < -0.3 is 4.74 Å². The Balaban J connectivity index is 1.30. The van der Waals surface area contributed by atoms with E-state index >= 15 is 0 Å². The number of halogens is 2. The van der Waals surface area contributed by atoms with Crippen LogP contribution in [0.15, 0.2) is 54.7 Å². The lowest BCUT2D eigenvalue weighted by molar-refractivity contribution is 0.101. The fourth-order valence-corrected chi connectivity index (χ4v) is 4.25. The van der Waals surface area contributed by atoms with Gasteiger partial charge in [0.2, 0.25) is 4.96 Å². The molecule has 0 spiro atoms. The van der Waals surface area contributed by atoms with Gasteiger partial charge in [-0.05, 0) is 36.8 Å². The minimum Gasteiger partial charge on any atom is -0.369 e. The first-order valence-corrected chi connectivity index (χ1v) is 11.1. The minimum absolute atomic E-state index is 0.260. The maximum Gasteiger partial charge on any atom is 0.213 e. The summed E-state index contributed by atoms with van der Waals surface area (Å²) >= 11 is 7.57. The monoisotopic (exact) mass is 468 g/mol. The summed E-state index contributed by atoms with van der Waals surface area (Å²) in [6, 6.07) is 13.9. The van der Waals surface area contributed by atoms with Crippen LogP contribution in [0.5, 0.6) is 0 Å². The topological polar surface area (TPSA) is 70.1 Å². The van der Waals surface area contributed by atoms with Crippen LogP contribution in [0.2, 0.25) is 5.02 Å². The summed E-state index contributed by atoms with van der Waals surface area (Å²) in [5.41, 5.74) is 4.28. The number of benzene rings is 2. The SMILES string of the molecule is Cc1nn2c(COCc3cn(Cc4ccc(F)cc4)nn3)c(-c3ccc(Cl)cc3)nc2s1. The van der Waals surface area contributed by atoms with Gasteiger partial charge in [-0.1, -0.05) is 52.4 Å². The fourth-order valence-electron chi connectivity index (χ4n) is 3.37. The first kappa shape index (κ1) is 20.7. The molecular formula is C22H18ClFN6OS. The van der Waals surface area contributed by atoms with Crippen molar-refractivity contribution in [2.45, 2.75) is 26.7 Å². The summed E-state index contributed by atoms with van der Waals surface area (Å²) in [4.78, 5) is 5.57. The van der Waals surface area contributed by atoms with Crippen molar-refractivity contribution >= 4 is 27.9 Å². The number of aryl methyl sites for hydroxylation is 1. The van der Waals surface area contributed by atoms with Crippen LogP contribution in [0.1, 0.15) is 22.0 Å². The molecule has 3 aromatic heterocycles. The zero-order chi connectivity index (χ0) is 22.1. The van der Waals surface area contributed by atoms with Crippen LogP contribution >= 0.6 is 22.9 Å². The first-order valence-electron chi connectivity index (χ1n) is 9.87. The molecule has 0 unspecified atom stereocenters. The second kappa shape index (κ2) is 8.78. The van der Waals surface area contributed by atoms with E-state index in [1.54, 1.807) is 16.8 Å². The van der Waals surface area contributed by atoms with Crippen molar-refractivity contribution in [3.63, 3.8) is 0 Å². The summed E-state index contributed by atoms with van der Waals surface area (Å²) in [6.45, 7) is 3.06. The summed E-state index contributed by atoms with van der Waals surface area (Å²) < 4.78 is 22.6. The molecule has 2 aromatic carbocycles. The van der Waals surface area contributed by atoms with Crippen LogP contribution in [0.25, 0.3) is 16.2 Å². The second-order valence-electron chi connectivity index (χ2n) is 7.26. The molecule has 0 aliphatic rings. The number of aromatic nitrogens is 6. The standard InChI is InChI=1S/C22H18ClFN6OS/c1-14-27-30-20(21(25-22(30)32-14)16-4-6-17(23)7-5-16)13-31-12-19-11-29(28-26-19)10-15-2-8-18(24)9-3-15/h2-9,11H,10,12-13H2,1H3. The summed E-state index contributed by atoms with van der Waals surface area (Å²) in [7, 11) is 0. The van der Waals surface area contributed by atoms with Gasteiger partial charge in [-0.25, -0.2) is 18.6 Å². The van der Waals surface area contributed by atoms with Gasteiger partial charge in [0.1, 0.15) is 16.5 Å². The van der Waals surface area contributed by atoms with Crippen LogP contribution in [-0.4, -0.2) is 29.6 Å². The Bertz CT molecular complexity index is 1360. The number of hydrogen-bond acceptors (Lipinski definition) is 6. The highest BCUT2D eigenvalue weighted by Gasteiger charge is 2.17. The Hall–Kier alpha value is -3.14. The molecule has 3 heterocycles. The van der Waals surface area contributed by atoms with Gasteiger partial charge in [-0.3, -0.25) is 0 Å². The summed E-state index contributed by atoms with van der Waals surface area (Å²) in [6.07, 6.45) is 1.82. The van der Waals surface area contributed by atoms with E-state index < -0.39 is 0 Å². The molecule has 0 saturated heterocycles. The normalized spacial score (nSPS) is 11.5. The van der Waals surface area contributed by atoms with E-state index in [-0.39, 0.29) is 5.82 Å². The van der Waals surface area contributed by atoms with Crippen LogP contribution in [0.3, 0.4) is 0 Å². The molecule has 10 heteroatoms. The van der Waals surface area contributed by atoms with E-state index in [0.29, 0.717) is 30.5 Å². The predicted octanol–water partition coefficient (Wildman–Crippen LogP) is 4.92. The molecule has 0 N–H and O–H groups in total. The molecule has 32 heavy (non-hydrogen) atoms. The molecule has 5 rings (SSSR count). The maximum absolute atomic E-state index is 13.1. The highest BCUT2D eigenvalue weighted by Crippen LogP contribution is 2.28. The van der Waals surface area contributed by atoms with E-state index in [9.17, 15) is 4.39 Å². The highest BCUT2D eigenvalue weighted by atomic mass is 35.5. The number of imidazole rings is 1. The number of nitrogens with zero attached hydrogens (tertiary/aromatic N) is 6. The van der Waals surface area contributed by atoms with E-state index in [2.05, 4.69) is 15.4 Å². The van der Waals surface area contributed by atoms with Crippen molar-refractivity contribution in [2.75, 3.05) is 0 Å². The highest BCUT2D eigenvalue weighted by molar-refractivity contribution is 7.16. The zero-order valence-electron chi connectivity index (χ0n) is 17.1. The Morgan fingerprint density at radius 1 is 1.06 bits per heavy atom. The van der Waals surface area contributed by atoms with Crippen molar-refractivity contribution in [3.05, 3.63) is 87.5 Å². The molecule has 0 radical (unpaired) electrons. The predicted molar refractivity (Wildman–Crippen MR) is 120 cm³/mol. The molecule has 0 aliphatic heterocycles. The van der Waals surface area contributed by atoms with Gasteiger partial charge in [0.25, 0.3) is 0 Å². The van der Waals surface area contributed by atoms with E-state index in [4.69, 9.17) is 21.3 Å². The summed E-state index contributed by atoms with van der Waals surface area (Å²) in [5, 5.41) is 14.5. The smallest absolute Gasteiger partial charge is 0.213 e. The molecular weight excluding hydrogens is 451 g/mol. The Kier molecular flexibility index (Phi) is 5.69. The number of fused-ring (bicyclic) bond motifs is 1. The first-order chi connectivity index (χ1) is 15.5. The van der Waals surface area contributed by atoms with E-state index in [1.165, 1.54) is 23.5 Å². The number of ether oxygens (including phenoxy) is 1. The van der Waals surface area contributed by atoms with Gasteiger partial charge in [-0.15, -0.1) is 5.10 Å². The molecule has 162 valence electrons. The molecule has 0 amide bonds. The van der Waals surface area contributed by atoms with E-state index in [1.807, 2.05) is 41.9 Å². The fraction of sp³-hybridized carbons (Fsp3) is 0.182. The van der Waals surface area contributed by atoms with Crippen molar-refractivity contribution in [3.8, 4) is 11.3 Å². The van der Waals surface area contributed by atoms with Gasteiger partial charge in [0.15, 0.2) is 0 Å². The quantitative estimate of drug-likeness (QED) is 0.339. The zero-order valence-corrected chi connectivity index (χ0v) is 18.6. The molecule has 0 atom stereocenters. The van der Waals surface area contributed by atoms with E-state index in [0.717, 1.165) is 32.5 Å². The number of rotatable bonds is 7. The van der Waals surface area contributed by atoms with Crippen molar-refractivity contribution in [1.29, 1.82) is 0 Å². The lowest BCUT2D eigenvalue weighted by atomic mass is 10.1. The minimum atomic E-state index is -0.260. The molecule has 0 bridgehead atoms. The van der Waals surface area contributed by atoms with Crippen LogP contribution < -0.4 is 0 Å². The summed E-state index contributed by atoms with van der Waals surface area (Å²) in [5.74, 6) is -0.260. The lowest BCUT2D eigenvalue weighted by Gasteiger charge is -2.05. The van der Waals surface area contributed by atoms with Gasteiger partial charge in [-0.2, -0.15) is 5.10 Å². The molecule has 7 nitrogen and oxygen atoms in total. The maximum atomic E-state index is 13.1. The Labute approximate surface area is 192 Å². The van der Waals surface area contributed by atoms with Crippen molar-refractivity contribution in [2.24, 2.45) is 0 Å². The molecule has 5 aromatic rings. The lowest BCUT2D eigenvalue weighted by Crippen LogP contribution is -2.01. The van der Waals surface area contributed by atoms with Crippen LogP contribution in [-0.2, 0) is 24.5 Å². The molecule has 0 aliphatic carbocycles. The molecule has 0 saturated carbocycles. The third-order valence-corrected chi connectivity index (χ3v) is 5.92. The Morgan fingerprint density at radius 3 is 2.62 bits per heavy atom. The van der Waals surface area contributed by atoms with Crippen molar-refractivity contribution < 1.29 is 9.13 Å². The Morgan fingerprint density at radius 2 is 1.84 bits per heavy atom. The van der Waals surface area contributed by atoms with Crippen molar-refractivity contribution in [1.82, 2.24) is 29.6 Å².